The van der Waals surface area contributed by atoms with Crippen molar-refractivity contribution in [2.75, 3.05) is 0 Å². The molecule has 3 rings (SSSR count). The fourth-order valence-corrected chi connectivity index (χ4v) is 2.40. The van der Waals surface area contributed by atoms with Gasteiger partial charge in [-0.25, -0.2) is 9.18 Å². The maximum atomic E-state index is 13.2. The van der Waals surface area contributed by atoms with E-state index in [9.17, 15) is 14.0 Å². The minimum Gasteiger partial charge on any atom is -0.423 e. The molecule has 1 amide bonds. The first-order valence-corrected chi connectivity index (χ1v) is 7.10. The summed E-state index contributed by atoms with van der Waals surface area (Å²) in [6.07, 6.45) is 0. The Morgan fingerprint density at radius 3 is 2.78 bits per heavy atom. The van der Waals surface area contributed by atoms with Gasteiger partial charge in [0.25, 0.3) is 5.91 Å². The third-order valence-corrected chi connectivity index (χ3v) is 3.51. The lowest BCUT2D eigenvalue weighted by molar-refractivity contribution is 0.0950. The number of rotatable bonds is 3. The van der Waals surface area contributed by atoms with E-state index in [0.717, 1.165) is 17.0 Å². The molecule has 0 aliphatic rings. The van der Waals surface area contributed by atoms with Crippen LogP contribution in [0.3, 0.4) is 0 Å². The van der Waals surface area contributed by atoms with Gasteiger partial charge in [0.05, 0.1) is 0 Å². The van der Waals surface area contributed by atoms with Gasteiger partial charge in [-0.3, -0.25) is 4.79 Å². The topological polar surface area (TPSA) is 59.3 Å². The second kappa shape index (κ2) is 6.04. The van der Waals surface area contributed by atoms with Crippen molar-refractivity contribution in [2.45, 2.75) is 13.5 Å². The van der Waals surface area contributed by atoms with E-state index in [1.165, 1.54) is 24.3 Å². The van der Waals surface area contributed by atoms with Crippen molar-refractivity contribution < 1.29 is 13.6 Å². The summed E-state index contributed by atoms with van der Waals surface area (Å²) < 4.78 is 18.3. The molecule has 0 saturated carbocycles. The third kappa shape index (κ3) is 3.29. The quantitative estimate of drug-likeness (QED) is 0.756. The summed E-state index contributed by atoms with van der Waals surface area (Å²) >= 11 is 0. The predicted octanol–water partition coefficient (Wildman–Crippen LogP) is 3.17. The first-order valence-electron chi connectivity index (χ1n) is 7.10. The number of hydrogen-bond donors (Lipinski definition) is 1. The smallest absolute Gasteiger partial charge is 0.336 e. The highest BCUT2D eigenvalue weighted by atomic mass is 19.1. The van der Waals surface area contributed by atoms with Gasteiger partial charge >= 0.3 is 5.63 Å². The van der Waals surface area contributed by atoms with Gasteiger partial charge in [0.1, 0.15) is 11.4 Å². The average molecular weight is 311 g/mol. The number of fused-ring (bicyclic) bond motifs is 1. The van der Waals surface area contributed by atoms with Crippen molar-refractivity contribution in [2.24, 2.45) is 0 Å². The van der Waals surface area contributed by atoms with Crippen molar-refractivity contribution in [1.29, 1.82) is 0 Å². The van der Waals surface area contributed by atoms with Crippen LogP contribution in [0.1, 0.15) is 21.5 Å². The molecule has 0 aliphatic carbocycles. The molecular formula is C18H14FNO3. The van der Waals surface area contributed by atoms with Gasteiger partial charge in [0, 0.05) is 23.6 Å². The van der Waals surface area contributed by atoms with E-state index in [-0.39, 0.29) is 12.1 Å². The molecule has 0 bridgehead atoms. The molecule has 1 N–H and O–H groups in total. The second-order valence-electron chi connectivity index (χ2n) is 5.28. The Hall–Kier alpha value is -2.95. The zero-order valence-electron chi connectivity index (χ0n) is 12.4. The number of amides is 1. The van der Waals surface area contributed by atoms with Crippen LogP contribution in [0.15, 0.2) is 57.7 Å². The van der Waals surface area contributed by atoms with Gasteiger partial charge < -0.3 is 9.73 Å². The van der Waals surface area contributed by atoms with Crippen molar-refractivity contribution >= 4 is 16.9 Å². The van der Waals surface area contributed by atoms with Crippen LogP contribution in [-0.2, 0) is 6.54 Å². The first kappa shape index (κ1) is 15.0. The summed E-state index contributed by atoms with van der Waals surface area (Å²) in [7, 11) is 0. The van der Waals surface area contributed by atoms with Crippen LogP contribution in [0.4, 0.5) is 4.39 Å². The molecule has 3 aromatic rings. The lowest BCUT2D eigenvalue weighted by Crippen LogP contribution is -2.23. The van der Waals surface area contributed by atoms with Crippen LogP contribution < -0.4 is 10.9 Å². The van der Waals surface area contributed by atoms with E-state index in [2.05, 4.69) is 5.32 Å². The summed E-state index contributed by atoms with van der Waals surface area (Å²) in [5, 5.41) is 3.46. The highest BCUT2D eigenvalue weighted by Crippen LogP contribution is 2.18. The summed E-state index contributed by atoms with van der Waals surface area (Å²) in [6, 6.07) is 12.3. The molecule has 2 aromatic carbocycles. The largest absolute Gasteiger partial charge is 0.423 e. The van der Waals surface area contributed by atoms with Crippen molar-refractivity contribution in [3.63, 3.8) is 0 Å². The fraction of sp³-hybridized carbons (Fsp3) is 0.111. The molecule has 23 heavy (non-hydrogen) atoms. The Labute approximate surface area is 131 Å². The van der Waals surface area contributed by atoms with Crippen LogP contribution in [0, 0.1) is 12.7 Å². The minimum absolute atomic E-state index is 0.154. The van der Waals surface area contributed by atoms with E-state index in [4.69, 9.17) is 4.42 Å². The van der Waals surface area contributed by atoms with Gasteiger partial charge in [0.15, 0.2) is 0 Å². The van der Waals surface area contributed by atoms with Crippen LogP contribution in [-0.4, -0.2) is 5.91 Å². The molecule has 0 radical (unpaired) electrons. The van der Waals surface area contributed by atoms with E-state index in [1.807, 2.05) is 19.1 Å². The molecule has 0 aliphatic heterocycles. The molecule has 0 saturated heterocycles. The van der Waals surface area contributed by atoms with Crippen molar-refractivity contribution in [3.8, 4) is 0 Å². The maximum Gasteiger partial charge on any atom is 0.336 e. The summed E-state index contributed by atoms with van der Waals surface area (Å²) in [5.41, 5.74) is 1.90. The molecule has 4 nitrogen and oxygen atoms in total. The molecule has 1 aromatic heterocycles. The summed E-state index contributed by atoms with van der Waals surface area (Å²) in [6.45, 7) is 2.08. The highest BCUT2D eigenvalue weighted by molar-refractivity contribution is 5.94. The number of carbonyl (C=O) groups excluding carboxylic acids is 1. The Kier molecular flexibility index (Phi) is 3.93. The normalized spacial score (nSPS) is 10.7. The SMILES string of the molecule is Cc1ccc2oc(=O)cc(CNC(=O)c3cccc(F)c3)c2c1. The lowest BCUT2D eigenvalue weighted by atomic mass is 10.1. The molecular weight excluding hydrogens is 297 g/mol. The number of nitrogens with one attached hydrogen (secondary N) is 1. The molecule has 0 fully saturated rings. The maximum absolute atomic E-state index is 13.2. The lowest BCUT2D eigenvalue weighted by Gasteiger charge is -2.08. The van der Waals surface area contributed by atoms with E-state index >= 15 is 0 Å². The second-order valence-corrected chi connectivity index (χ2v) is 5.28. The van der Waals surface area contributed by atoms with Gasteiger partial charge in [-0.2, -0.15) is 0 Å². The Balaban J connectivity index is 1.88. The predicted molar refractivity (Wildman–Crippen MR) is 84.8 cm³/mol. The Morgan fingerprint density at radius 2 is 2.00 bits per heavy atom. The van der Waals surface area contributed by atoms with E-state index in [1.54, 1.807) is 6.07 Å². The van der Waals surface area contributed by atoms with Crippen LogP contribution in [0.5, 0.6) is 0 Å². The minimum atomic E-state index is -0.476. The fourth-order valence-electron chi connectivity index (χ4n) is 2.40. The molecule has 5 heteroatoms. The zero-order valence-corrected chi connectivity index (χ0v) is 12.4. The number of benzene rings is 2. The van der Waals surface area contributed by atoms with Crippen molar-refractivity contribution in [1.82, 2.24) is 5.32 Å². The first-order chi connectivity index (χ1) is 11.0. The van der Waals surface area contributed by atoms with Crippen LogP contribution >= 0.6 is 0 Å². The molecule has 0 unspecified atom stereocenters. The molecule has 116 valence electrons. The monoisotopic (exact) mass is 311 g/mol. The molecule has 0 spiro atoms. The van der Waals surface area contributed by atoms with Gasteiger partial charge in [0.2, 0.25) is 0 Å². The number of halogens is 1. The van der Waals surface area contributed by atoms with Crippen LogP contribution in [0.25, 0.3) is 11.0 Å². The van der Waals surface area contributed by atoms with E-state index < -0.39 is 17.3 Å². The standard InChI is InChI=1S/C18H14FNO3/c1-11-5-6-16-15(7-11)13(9-17(21)23-16)10-20-18(22)12-3-2-4-14(19)8-12/h2-9H,10H2,1H3,(H,20,22). The number of carbonyl (C=O) groups is 1. The van der Waals surface area contributed by atoms with Gasteiger partial charge in [-0.05, 0) is 42.8 Å². The van der Waals surface area contributed by atoms with E-state index in [0.29, 0.717) is 11.1 Å². The number of hydrogen-bond acceptors (Lipinski definition) is 3. The summed E-state index contributed by atoms with van der Waals surface area (Å²) in [5.74, 6) is -0.877. The van der Waals surface area contributed by atoms with Gasteiger partial charge in [-0.15, -0.1) is 0 Å². The van der Waals surface area contributed by atoms with Crippen LogP contribution in [0.2, 0.25) is 0 Å². The summed E-state index contributed by atoms with van der Waals surface area (Å²) in [4.78, 5) is 23.7. The Bertz CT molecular complexity index is 946. The van der Waals surface area contributed by atoms with Gasteiger partial charge in [-0.1, -0.05) is 17.7 Å². The Morgan fingerprint density at radius 1 is 1.17 bits per heavy atom. The third-order valence-electron chi connectivity index (χ3n) is 3.51. The molecule has 0 atom stereocenters. The highest BCUT2D eigenvalue weighted by Gasteiger charge is 2.09. The molecule has 1 heterocycles. The number of aryl methyl sites for hydroxylation is 1. The van der Waals surface area contributed by atoms with Crippen molar-refractivity contribution in [3.05, 3.63) is 81.5 Å². The zero-order chi connectivity index (χ0) is 16.4. The average Bonchev–Trinajstić information content (AvgIpc) is 2.52.